The minimum atomic E-state index is -0.334. The van der Waals surface area contributed by atoms with Gasteiger partial charge in [0, 0.05) is 11.6 Å². The summed E-state index contributed by atoms with van der Waals surface area (Å²) in [6, 6.07) is 6.68. The molecule has 6 nitrogen and oxygen atoms in total. The number of carbonyl (C=O) groups is 1. The molecule has 0 saturated carbocycles. The summed E-state index contributed by atoms with van der Waals surface area (Å²) in [4.78, 5) is 16.3. The van der Waals surface area contributed by atoms with Gasteiger partial charge < -0.3 is 4.74 Å². The van der Waals surface area contributed by atoms with Gasteiger partial charge in [-0.3, -0.25) is 10.1 Å². The lowest BCUT2D eigenvalue weighted by molar-refractivity contribution is 0.102. The highest BCUT2D eigenvalue weighted by Gasteiger charge is 2.12. The Hall–Kier alpha value is -2.09. The molecule has 1 aromatic carbocycles. The Kier molecular flexibility index (Phi) is 5.03. The van der Waals surface area contributed by atoms with Crippen LogP contribution < -0.4 is 10.1 Å². The summed E-state index contributed by atoms with van der Waals surface area (Å²) >= 11 is 13.4. The summed E-state index contributed by atoms with van der Waals surface area (Å²) in [6.07, 6.45) is 1.63. The van der Waals surface area contributed by atoms with Crippen molar-refractivity contribution in [1.82, 2.24) is 14.8 Å². The number of amides is 1. The SMILES string of the molecule is Cc1csc(NC(=O)c2ccn(COc3c(Cl)cccc3Cl)n2)n1. The Bertz CT molecular complexity index is 858. The predicted octanol–water partition coefficient (Wildman–Crippen LogP) is 4.24. The number of carbonyl (C=O) groups excluding carboxylic acids is 1. The van der Waals surface area contributed by atoms with Crippen molar-refractivity contribution in [2.45, 2.75) is 13.7 Å². The summed E-state index contributed by atoms with van der Waals surface area (Å²) in [7, 11) is 0. The van der Waals surface area contributed by atoms with E-state index in [1.165, 1.54) is 16.0 Å². The van der Waals surface area contributed by atoms with E-state index in [0.717, 1.165) is 5.69 Å². The van der Waals surface area contributed by atoms with Crippen molar-refractivity contribution in [3.8, 4) is 5.75 Å². The van der Waals surface area contributed by atoms with Gasteiger partial charge in [0.15, 0.2) is 23.3 Å². The van der Waals surface area contributed by atoms with Gasteiger partial charge in [0.25, 0.3) is 5.91 Å². The van der Waals surface area contributed by atoms with Crippen LogP contribution in [-0.2, 0) is 6.73 Å². The van der Waals surface area contributed by atoms with Crippen LogP contribution in [-0.4, -0.2) is 20.7 Å². The molecule has 2 aromatic heterocycles. The molecule has 0 aliphatic heterocycles. The molecule has 2 heterocycles. The largest absolute Gasteiger partial charge is 0.468 e. The second-order valence-corrected chi connectivity index (χ2v) is 6.49. The van der Waals surface area contributed by atoms with Crippen LogP contribution in [0.5, 0.6) is 5.75 Å². The maximum Gasteiger partial charge on any atom is 0.277 e. The molecule has 0 radical (unpaired) electrons. The molecule has 0 atom stereocenters. The van der Waals surface area contributed by atoms with Gasteiger partial charge in [-0.25, -0.2) is 9.67 Å². The lowest BCUT2D eigenvalue weighted by Crippen LogP contribution is -2.14. The Morgan fingerprint density at radius 1 is 1.33 bits per heavy atom. The van der Waals surface area contributed by atoms with Crippen molar-refractivity contribution in [2.24, 2.45) is 0 Å². The van der Waals surface area contributed by atoms with E-state index in [1.807, 2.05) is 12.3 Å². The second kappa shape index (κ2) is 7.21. The van der Waals surface area contributed by atoms with Crippen molar-refractivity contribution < 1.29 is 9.53 Å². The first-order chi connectivity index (χ1) is 11.5. The Labute approximate surface area is 152 Å². The van der Waals surface area contributed by atoms with E-state index in [1.54, 1.807) is 30.5 Å². The highest BCUT2D eigenvalue weighted by Crippen LogP contribution is 2.32. The number of anilines is 1. The van der Waals surface area contributed by atoms with Crippen molar-refractivity contribution in [2.75, 3.05) is 5.32 Å². The van der Waals surface area contributed by atoms with Crippen LogP contribution in [0, 0.1) is 6.92 Å². The summed E-state index contributed by atoms with van der Waals surface area (Å²) in [5, 5.41) is 10.1. The second-order valence-electron chi connectivity index (χ2n) is 4.81. The highest BCUT2D eigenvalue weighted by atomic mass is 35.5. The van der Waals surface area contributed by atoms with Gasteiger partial charge in [-0.2, -0.15) is 5.10 Å². The standard InChI is InChI=1S/C15H12Cl2N4O2S/c1-9-7-24-15(18-9)19-14(22)12-5-6-21(20-12)8-23-13-10(16)3-2-4-11(13)17/h2-7H,8H2,1H3,(H,18,19,22). The fourth-order valence-corrected chi connectivity index (χ4v) is 3.07. The number of hydrogen-bond acceptors (Lipinski definition) is 5. The number of thiazole rings is 1. The van der Waals surface area contributed by atoms with E-state index in [4.69, 9.17) is 27.9 Å². The van der Waals surface area contributed by atoms with Crippen molar-refractivity contribution in [3.05, 3.63) is 57.3 Å². The number of nitrogens with one attached hydrogen (secondary N) is 1. The molecule has 9 heteroatoms. The van der Waals surface area contributed by atoms with Gasteiger partial charge in [-0.1, -0.05) is 29.3 Å². The summed E-state index contributed by atoms with van der Waals surface area (Å²) in [5.74, 6) is 0.0412. The van der Waals surface area contributed by atoms with Crippen LogP contribution in [0.25, 0.3) is 0 Å². The van der Waals surface area contributed by atoms with Gasteiger partial charge in [0.2, 0.25) is 0 Å². The van der Waals surface area contributed by atoms with E-state index in [-0.39, 0.29) is 18.3 Å². The molecule has 1 N–H and O–H groups in total. The van der Waals surface area contributed by atoms with Gasteiger partial charge >= 0.3 is 0 Å². The fourth-order valence-electron chi connectivity index (χ4n) is 1.88. The number of aromatic nitrogens is 3. The van der Waals surface area contributed by atoms with Crippen molar-refractivity contribution >= 4 is 45.6 Å². The predicted molar refractivity (Wildman–Crippen MR) is 94.1 cm³/mol. The van der Waals surface area contributed by atoms with E-state index >= 15 is 0 Å². The lowest BCUT2D eigenvalue weighted by Gasteiger charge is -2.09. The number of benzene rings is 1. The number of aryl methyl sites for hydroxylation is 1. The molecular weight excluding hydrogens is 371 g/mol. The molecule has 3 rings (SSSR count). The fraction of sp³-hybridized carbons (Fsp3) is 0.133. The first kappa shape index (κ1) is 16.8. The first-order valence-electron chi connectivity index (χ1n) is 6.86. The molecule has 0 bridgehead atoms. The molecule has 0 spiro atoms. The maximum absolute atomic E-state index is 12.1. The zero-order valence-electron chi connectivity index (χ0n) is 12.5. The number of halogens is 2. The summed E-state index contributed by atoms with van der Waals surface area (Å²) in [5.41, 5.74) is 1.11. The van der Waals surface area contributed by atoms with Gasteiger partial charge in [0.05, 0.1) is 15.7 Å². The molecule has 1 amide bonds. The molecular formula is C15H12Cl2N4O2S. The Morgan fingerprint density at radius 3 is 2.75 bits per heavy atom. The van der Waals surface area contributed by atoms with Crippen LogP contribution in [0.15, 0.2) is 35.8 Å². The van der Waals surface area contributed by atoms with Crippen LogP contribution in [0.3, 0.4) is 0 Å². The normalized spacial score (nSPS) is 10.6. The molecule has 3 aromatic rings. The number of para-hydroxylation sites is 1. The molecule has 24 heavy (non-hydrogen) atoms. The lowest BCUT2D eigenvalue weighted by atomic mass is 10.3. The minimum Gasteiger partial charge on any atom is -0.468 e. The van der Waals surface area contributed by atoms with Gasteiger partial charge in [-0.05, 0) is 25.1 Å². The quantitative estimate of drug-likeness (QED) is 0.716. The smallest absolute Gasteiger partial charge is 0.277 e. The van der Waals surface area contributed by atoms with E-state index < -0.39 is 0 Å². The average Bonchev–Trinajstić information content (AvgIpc) is 3.16. The molecule has 0 fully saturated rings. The number of rotatable bonds is 5. The van der Waals surface area contributed by atoms with Gasteiger partial charge in [0.1, 0.15) is 0 Å². The summed E-state index contributed by atoms with van der Waals surface area (Å²) in [6.45, 7) is 1.94. The first-order valence-corrected chi connectivity index (χ1v) is 8.50. The minimum absolute atomic E-state index is 0.0765. The van der Waals surface area contributed by atoms with Gasteiger partial charge in [-0.15, -0.1) is 11.3 Å². The topological polar surface area (TPSA) is 69.0 Å². The third-order valence-corrected chi connectivity index (χ3v) is 4.44. The molecule has 124 valence electrons. The highest BCUT2D eigenvalue weighted by molar-refractivity contribution is 7.13. The molecule has 0 unspecified atom stereocenters. The van der Waals surface area contributed by atoms with Crippen LogP contribution in [0.2, 0.25) is 10.0 Å². The van der Waals surface area contributed by atoms with Crippen LogP contribution >= 0.6 is 34.5 Å². The van der Waals surface area contributed by atoms with E-state index in [0.29, 0.717) is 20.9 Å². The Balaban J connectivity index is 1.64. The van der Waals surface area contributed by atoms with E-state index in [9.17, 15) is 4.79 Å². The number of hydrogen-bond donors (Lipinski definition) is 1. The van der Waals surface area contributed by atoms with Crippen molar-refractivity contribution in [3.63, 3.8) is 0 Å². The van der Waals surface area contributed by atoms with E-state index in [2.05, 4.69) is 15.4 Å². The number of nitrogens with zero attached hydrogens (tertiary/aromatic N) is 3. The van der Waals surface area contributed by atoms with Crippen molar-refractivity contribution in [1.29, 1.82) is 0 Å². The van der Waals surface area contributed by atoms with Crippen LogP contribution in [0.4, 0.5) is 5.13 Å². The monoisotopic (exact) mass is 382 g/mol. The third-order valence-electron chi connectivity index (χ3n) is 2.97. The molecule has 0 aliphatic carbocycles. The third kappa shape index (κ3) is 3.87. The zero-order valence-corrected chi connectivity index (χ0v) is 14.8. The van der Waals surface area contributed by atoms with Crippen LogP contribution in [0.1, 0.15) is 16.2 Å². The Morgan fingerprint density at radius 2 is 2.08 bits per heavy atom. The average molecular weight is 383 g/mol. The molecule has 0 aliphatic rings. The summed E-state index contributed by atoms with van der Waals surface area (Å²) < 4.78 is 7.04. The maximum atomic E-state index is 12.1. The number of ether oxygens (including phenoxy) is 1. The molecule has 0 saturated heterocycles. The zero-order chi connectivity index (χ0) is 17.1.